The summed E-state index contributed by atoms with van der Waals surface area (Å²) in [6.07, 6.45) is 3.09. The van der Waals surface area contributed by atoms with Crippen LogP contribution in [0.4, 0.5) is 9.59 Å². The Morgan fingerprint density at radius 3 is 1.91 bits per heavy atom. The summed E-state index contributed by atoms with van der Waals surface area (Å²) in [6.45, 7) is 13.8. The number of terminal acetylenes is 1. The van der Waals surface area contributed by atoms with Crippen LogP contribution < -0.4 is 10.6 Å². The van der Waals surface area contributed by atoms with Crippen molar-refractivity contribution in [3.63, 3.8) is 0 Å². The molecule has 194 valence electrons. The van der Waals surface area contributed by atoms with Gasteiger partial charge < -0.3 is 9.47 Å². The summed E-state index contributed by atoms with van der Waals surface area (Å²) >= 11 is 0. The summed E-state index contributed by atoms with van der Waals surface area (Å²) in [7, 11) is -3.39. The summed E-state index contributed by atoms with van der Waals surface area (Å²) in [5.41, 5.74) is -0.878. The van der Waals surface area contributed by atoms with Gasteiger partial charge in [0.2, 0.25) is 0 Å². The maximum Gasteiger partial charge on any atom is 0.421 e. The van der Waals surface area contributed by atoms with E-state index in [1.807, 2.05) is 0 Å². The van der Waals surface area contributed by atoms with Gasteiger partial charge in [0, 0.05) is 12.6 Å². The molecule has 2 rings (SSSR count). The highest BCUT2D eigenvalue weighted by Crippen LogP contribution is 2.24. The number of hydrogen-bond donors (Lipinski definition) is 2. The van der Waals surface area contributed by atoms with Crippen LogP contribution in [0.3, 0.4) is 0 Å². The van der Waals surface area contributed by atoms with Gasteiger partial charge in [0.1, 0.15) is 23.4 Å². The first-order chi connectivity index (χ1) is 16.0. The third kappa shape index (κ3) is 7.43. The van der Waals surface area contributed by atoms with Crippen molar-refractivity contribution in [2.45, 2.75) is 95.0 Å². The smallest absolute Gasteiger partial charge is 0.421 e. The molecule has 0 aliphatic carbocycles. The first kappa shape index (κ1) is 28.6. The molecule has 2 N–H and O–H groups in total. The number of amides is 2. The fraction of sp³-hybridized carbons (Fsp3) is 0.600. The number of carbonyl (C=O) groups excluding carboxylic acids is 2. The second-order valence-electron chi connectivity index (χ2n) is 10.7. The second kappa shape index (κ2) is 10.6. The lowest BCUT2D eigenvalue weighted by Gasteiger charge is -2.41. The van der Waals surface area contributed by atoms with E-state index in [4.69, 9.17) is 15.9 Å². The maximum absolute atomic E-state index is 13.0. The van der Waals surface area contributed by atoms with Gasteiger partial charge in [0.25, 0.3) is 0 Å². The molecule has 1 aliphatic rings. The van der Waals surface area contributed by atoms with E-state index in [1.165, 1.54) is 0 Å². The Balaban J connectivity index is 2.29. The SMILES string of the molecule is C#CC1NC(c2ccc(S(=O)(=O)C(C)C)cc2)CNC1N(C(=O)OC(C)(C)C)C(=O)OC(C)(C)C. The Kier molecular flexibility index (Phi) is 8.64. The van der Waals surface area contributed by atoms with E-state index in [0.29, 0.717) is 6.54 Å². The Hall–Kier alpha value is -2.61. The number of imide groups is 1. The molecule has 1 fully saturated rings. The van der Waals surface area contributed by atoms with Gasteiger partial charge in [0.05, 0.1) is 10.1 Å². The number of sulfone groups is 1. The molecule has 1 heterocycles. The molecule has 3 atom stereocenters. The van der Waals surface area contributed by atoms with Crippen molar-refractivity contribution in [2.24, 2.45) is 0 Å². The molecule has 9 nitrogen and oxygen atoms in total. The summed E-state index contributed by atoms with van der Waals surface area (Å²) in [5, 5.41) is 5.90. The van der Waals surface area contributed by atoms with Gasteiger partial charge in [-0.05, 0) is 73.1 Å². The van der Waals surface area contributed by atoms with Crippen molar-refractivity contribution in [3.05, 3.63) is 29.8 Å². The van der Waals surface area contributed by atoms with Crippen LogP contribution in [0.5, 0.6) is 0 Å². The molecule has 1 aromatic rings. The number of rotatable bonds is 4. The van der Waals surface area contributed by atoms with E-state index < -0.39 is 50.7 Å². The van der Waals surface area contributed by atoms with Crippen LogP contribution in [0.25, 0.3) is 0 Å². The Morgan fingerprint density at radius 1 is 1.03 bits per heavy atom. The van der Waals surface area contributed by atoms with Crippen molar-refractivity contribution in [1.82, 2.24) is 15.5 Å². The molecule has 0 saturated carbocycles. The fourth-order valence-electron chi connectivity index (χ4n) is 3.40. The lowest BCUT2D eigenvalue weighted by Crippen LogP contribution is -2.66. The molecular formula is C25H37N3O6S. The average molecular weight is 508 g/mol. The van der Waals surface area contributed by atoms with Crippen molar-refractivity contribution in [3.8, 4) is 12.3 Å². The van der Waals surface area contributed by atoms with Crippen molar-refractivity contribution < 1.29 is 27.5 Å². The minimum absolute atomic E-state index is 0.243. The average Bonchev–Trinajstić information content (AvgIpc) is 2.71. The molecule has 35 heavy (non-hydrogen) atoms. The highest BCUT2D eigenvalue weighted by molar-refractivity contribution is 7.92. The van der Waals surface area contributed by atoms with Gasteiger partial charge in [0.15, 0.2) is 9.84 Å². The number of benzene rings is 1. The first-order valence-corrected chi connectivity index (χ1v) is 13.1. The Labute approximate surface area is 208 Å². The van der Waals surface area contributed by atoms with Gasteiger partial charge in [-0.15, -0.1) is 6.42 Å². The van der Waals surface area contributed by atoms with Crippen LogP contribution in [-0.2, 0) is 19.3 Å². The Bertz CT molecular complexity index is 1030. The zero-order valence-electron chi connectivity index (χ0n) is 21.7. The minimum atomic E-state index is -3.39. The van der Waals surface area contributed by atoms with Gasteiger partial charge in [-0.1, -0.05) is 18.1 Å². The van der Waals surface area contributed by atoms with E-state index in [9.17, 15) is 18.0 Å². The van der Waals surface area contributed by atoms with Crippen molar-refractivity contribution in [2.75, 3.05) is 6.54 Å². The van der Waals surface area contributed by atoms with E-state index >= 15 is 0 Å². The summed E-state index contributed by atoms with van der Waals surface area (Å²) < 4.78 is 35.7. The van der Waals surface area contributed by atoms with Gasteiger partial charge in [-0.3, -0.25) is 10.6 Å². The monoisotopic (exact) mass is 507 g/mol. The first-order valence-electron chi connectivity index (χ1n) is 11.5. The number of carbonyl (C=O) groups is 2. The molecule has 3 unspecified atom stereocenters. The van der Waals surface area contributed by atoms with E-state index in [1.54, 1.807) is 79.7 Å². The van der Waals surface area contributed by atoms with E-state index in [2.05, 4.69) is 16.6 Å². The fourth-order valence-corrected chi connectivity index (χ4v) is 4.46. The number of piperazine rings is 1. The van der Waals surface area contributed by atoms with Crippen LogP contribution in [0, 0.1) is 12.3 Å². The molecule has 2 amide bonds. The van der Waals surface area contributed by atoms with Crippen molar-refractivity contribution in [1.29, 1.82) is 0 Å². The molecule has 0 radical (unpaired) electrons. The number of nitrogens with one attached hydrogen (secondary N) is 2. The minimum Gasteiger partial charge on any atom is -0.443 e. The summed E-state index contributed by atoms with van der Waals surface area (Å²) in [4.78, 5) is 27.1. The normalized spacial score (nSPS) is 21.2. The predicted octanol–water partition coefficient (Wildman–Crippen LogP) is 3.60. The second-order valence-corrected chi connectivity index (χ2v) is 13.2. The summed E-state index contributed by atoms with van der Waals surface area (Å²) in [6, 6.07) is 5.52. The van der Waals surface area contributed by atoms with E-state index in [0.717, 1.165) is 10.5 Å². The van der Waals surface area contributed by atoms with E-state index in [-0.39, 0.29) is 10.9 Å². The number of hydrogen-bond acceptors (Lipinski definition) is 8. The number of nitrogens with zero attached hydrogens (tertiary/aromatic N) is 1. The lowest BCUT2D eigenvalue weighted by molar-refractivity contribution is -0.0158. The largest absolute Gasteiger partial charge is 0.443 e. The molecule has 1 aromatic carbocycles. The third-order valence-corrected chi connectivity index (χ3v) is 7.27. The highest BCUT2D eigenvalue weighted by Gasteiger charge is 2.42. The van der Waals surface area contributed by atoms with Gasteiger partial charge in [-0.2, -0.15) is 4.90 Å². The molecule has 10 heteroatoms. The molecule has 0 bridgehead atoms. The topological polar surface area (TPSA) is 114 Å². The lowest BCUT2D eigenvalue weighted by atomic mass is 10.0. The molecular weight excluding hydrogens is 470 g/mol. The quantitative estimate of drug-likeness (QED) is 0.594. The zero-order chi connectivity index (χ0) is 26.8. The Morgan fingerprint density at radius 2 is 1.51 bits per heavy atom. The molecule has 1 aliphatic heterocycles. The standard InChI is InChI=1S/C25H37N3O6S/c1-10-19-21(28(22(29)33-24(4,5)6)23(30)34-25(7,8)9)26-15-20(27-19)17-11-13-18(14-12-17)35(31,32)16(2)3/h1,11-14,16,19-21,26-27H,15H2,2-9H3. The van der Waals surface area contributed by atoms with Crippen LogP contribution in [0.15, 0.2) is 29.2 Å². The van der Waals surface area contributed by atoms with Crippen LogP contribution in [-0.4, -0.2) is 60.7 Å². The third-order valence-electron chi connectivity index (χ3n) is 5.10. The van der Waals surface area contributed by atoms with Crippen LogP contribution >= 0.6 is 0 Å². The van der Waals surface area contributed by atoms with Crippen LogP contribution in [0.1, 0.15) is 67.0 Å². The van der Waals surface area contributed by atoms with Crippen molar-refractivity contribution >= 4 is 22.0 Å². The summed E-state index contributed by atoms with van der Waals surface area (Å²) in [5.74, 6) is 2.59. The molecule has 0 aromatic heterocycles. The van der Waals surface area contributed by atoms with Gasteiger partial charge >= 0.3 is 12.2 Å². The maximum atomic E-state index is 13.0. The predicted molar refractivity (Wildman–Crippen MR) is 133 cm³/mol. The van der Waals surface area contributed by atoms with Crippen LogP contribution in [0.2, 0.25) is 0 Å². The van der Waals surface area contributed by atoms with Gasteiger partial charge in [-0.25, -0.2) is 18.0 Å². The molecule has 0 spiro atoms. The zero-order valence-corrected chi connectivity index (χ0v) is 22.5. The highest BCUT2D eigenvalue weighted by atomic mass is 32.2. The number of ether oxygens (including phenoxy) is 2. The molecule has 1 saturated heterocycles.